The van der Waals surface area contributed by atoms with E-state index in [1.54, 1.807) is 48.5 Å². The van der Waals surface area contributed by atoms with E-state index in [-0.39, 0.29) is 11.6 Å². The third-order valence-corrected chi connectivity index (χ3v) is 4.68. The monoisotopic (exact) mass is 446 g/mol. The zero-order valence-corrected chi connectivity index (χ0v) is 17.8. The van der Waals surface area contributed by atoms with Crippen molar-refractivity contribution < 1.29 is 14.4 Å². The van der Waals surface area contributed by atoms with Crippen molar-refractivity contribution in [1.82, 2.24) is 9.99 Å². The van der Waals surface area contributed by atoms with E-state index in [0.29, 0.717) is 33.2 Å². The highest BCUT2D eigenvalue weighted by molar-refractivity contribution is 6.38. The van der Waals surface area contributed by atoms with Gasteiger partial charge in [0, 0.05) is 27.7 Å². The van der Waals surface area contributed by atoms with Crippen LogP contribution in [0.4, 0.5) is 5.69 Å². The average molecular weight is 447 g/mol. The molecule has 0 saturated heterocycles. The third kappa shape index (κ3) is 5.11. The number of hydrogen-bond acceptors (Lipinski definition) is 3. The normalized spacial score (nSPS) is 10.8. The van der Waals surface area contributed by atoms with Crippen molar-refractivity contribution in [3.63, 3.8) is 0 Å². The van der Waals surface area contributed by atoms with Crippen LogP contribution < -0.4 is 16.1 Å². The SMILES string of the molecule is CC(C)CNC(=O)C(=O)Nn1c(C(=O)Nc2ccc(Cl)cc2)cc2cc(Cl)ccc21. The molecule has 156 valence electrons. The van der Waals surface area contributed by atoms with Crippen molar-refractivity contribution in [3.8, 4) is 0 Å². The fourth-order valence-corrected chi connectivity index (χ4v) is 3.04. The molecule has 0 saturated carbocycles. The number of anilines is 1. The number of rotatable bonds is 5. The Balaban J connectivity index is 1.91. The highest BCUT2D eigenvalue weighted by atomic mass is 35.5. The molecule has 0 aliphatic rings. The van der Waals surface area contributed by atoms with Crippen LogP contribution in [0.2, 0.25) is 10.0 Å². The molecule has 7 nitrogen and oxygen atoms in total. The number of nitrogens with zero attached hydrogens (tertiary/aromatic N) is 1. The molecule has 3 rings (SSSR count). The Labute approximate surface area is 183 Å². The summed E-state index contributed by atoms with van der Waals surface area (Å²) in [5.41, 5.74) is 3.67. The second-order valence-electron chi connectivity index (χ2n) is 7.07. The Hall–Kier alpha value is -3.03. The molecule has 0 aliphatic heterocycles. The molecule has 0 aliphatic carbocycles. The van der Waals surface area contributed by atoms with Gasteiger partial charge in [-0.3, -0.25) is 19.8 Å². The number of aromatic nitrogens is 1. The van der Waals surface area contributed by atoms with Crippen LogP contribution >= 0.6 is 23.2 Å². The van der Waals surface area contributed by atoms with Gasteiger partial charge in [-0.25, -0.2) is 4.68 Å². The van der Waals surface area contributed by atoms with E-state index in [1.165, 1.54) is 4.68 Å². The van der Waals surface area contributed by atoms with Crippen molar-refractivity contribution in [3.05, 3.63) is 64.3 Å². The van der Waals surface area contributed by atoms with Crippen molar-refractivity contribution in [2.75, 3.05) is 17.3 Å². The average Bonchev–Trinajstić information content (AvgIpc) is 3.05. The molecule has 0 spiro atoms. The van der Waals surface area contributed by atoms with Crippen molar-refractivity contribution >= 4 is 57.5 Å². The summed E-state index contributed by atoms with van der Waals surface area (Å²) in [5, 5.41) is 6.93. The lowest BCUT2D eigenvalue weighted by Crippen LogP contribution is -2.41. The second kappa shape index (κ2) is 9.19. The maximum atomic E-state index is 12.9. The molecule has 0 fully saturated rings. The van der Waals surface area contributed by atoms with Crippen LogP contribution in [0.5, 0.6) is 0 Å². The number of carbonyl (C=O) groups is 3. The first-order valence-corrected chi connectivity index (χ1v) is 9.97. The summed E-state index contributed by atoms with van der Waals surface area (Å²) in [5.74, 6) is -1.96. The number of hydrogen-bond donors (Lipinski definition) is 3. The number of benzene rings is 2. The Bertz CT molecular complexity index is 1110. The molecule has 1 aromatic heterocycles. The van der Waals surface area contributed by atoms with E-state index in [1.807, 2.05) is 13.8 Å². The first kappa shape index (κ1) is 21.7. The van der Waals surface area contributed by atoms with Crippen LogP contribution in [0.1, 0.15) is 24.3 Å². The summed E-state index contributed by atoms with van der Waals surface area (Å²) in [7, 11) is 0. The summed E-state index contributed by atoms with van der Waals surface area (Å²) in [6.07, 6.45) is 0. The standard InChI is InChI=1S/C21H20Cl2N4O3/c1-12(2)11-24-20(29)21(30)26-27-17-8-5-15(23)9-13(17)10-18(27)19(28)25-16-6-3-14(22)4-7-16/h3-10,12H,11H2,1-2H3,(H,24,29)(H,25,28)(H,26,30). The van der Waals surface area contributed by atoms with Crippen molar-refractivity contribution in [2.24, 2.45) is 5.92 Å². The number of halogens is 2. The molecule has 0 unspecified atom stereocenters. The van der Waals surface area contributed by atoms with Crippen LogP contribution in [0.15, 0.2) is 48.5 Å². The molecule has 30 heavy (non-hydrogen) atoms. The first-order chi connectivity index (χ1) is 14.2. The van der Waals surface area contributed by atoms with E-state index >= 15 is 0 Å². The second-order valence-corrected chi connectivity index (χ2v) is 7.95. The lowest BCUT2D eigenvalue weighted by molar-refractivity contribution is -0.136. The van der Waals surface area contributed by atoms with Gasteiger partial charge in [0.2, 0.25) is 0 Å². The predicted molar refractivity (Wildman–Crippen MR) is 119 cm³/mol. The largest absolute Gasteiger partial charge is 0.348 e. The number of amides is 3. The van der Waals surface area contributed by atoms with Crippen LogP contribution in [0.3, 0.4) is 0 Å². The van der Waals surface area contributed by atoms with Gasteiger partial charge in [0.1, 0.15) is 5.69 Å². The zero-order valence-electron chi connectivity index (χ0n) is 16.3. The summed E-state index contributed by atoms with van der Waals surface area (Å²) >= 11 is 11.9. The molecule has 0 atom stereocenters. The fourth-order valence-electron chi connectivity index (χ4n) is 2.73. The molecule has 2 aromatic carbocycles. The van der Waals surface area contributed by atoms with Crippen LogP contribution in [0, 0.1) is 5.92 Å². The summed E-state index contributed by atoms with van der Waals surface area (Å²) in [6, 6.07) is 13.1. The van der Waals surface area contributed by atoms with Gasteiger partial charge >= 0.3 is 11.8 Å². The van der Waals surface area contributed by atoms with E-state index in [4.69, 9.17) is 23.2 Å². The molecule has 9 heteroatoms. The molecular formula is C21H20Cl2N4O3. The minimum atomic E-state index is -0.886. The molecule has 0 bridgehead atoms. The fraction of sp³-hybridized carbons (Fsp3) is 0.190. The Kier molecular flexibility index (Phi) is 6.64. The van der Waals surface area contributed by atoms with Gasteiger partial charge in [-0.15, -0.1) is 0 Å². The minimum Gasteiger partial charge on any atom is -0.348 e. The van der Waals surface area contributed by atoms with Gasteiger partial charge in [0.15, 0.2) is 0 Å². The smallest absolute Gasteiger partial charge is 0.328 e. The number of nitrogens with one attached hydrogen (secondary N) is 3. The zero-order chi connectivity index (χ0) is 21.8. The number of carbonyl (C=O) groups excluding carboxylic acids is 3. The molecule has 3 N–H and O–H groups in total. The minimum absolute atomic E-state index is 0.132. The van der Waals surface area contributed by atoms with Gasteiger partial charge in [0.05, 0.1) is 5.52 Å². The Morgan fingerprint density at radius 1 is 0.933 bits per heavy atom. The molecule has 0 radical (unpaired) electrons. The quantitative estimate of drug-likeness (QED) is 0.516. The molecule has 1 heterocycles. The van der Waals surface area contributed by atoms with E-state index in [9.17, 15) is 14.4 Å². The van der Waals surface area contributed by atoms with Crippen LogP contribution in [-0.4, -0.2) is 28.9 Å². The maximum Gasteiger partial charge on any atom is 0.328 e. The van der Waals surface area contributed by atoms with Gasteiger partial charge in [-0.1, -0.05) is 37.0 Å². The van der Waals surface area contributed by atoms with Gasteiger partial charge in [0.25, 0.3) is 5.91 Å². The van der Waals surface area contributed by atoms with Gasteiger partial charge in [-0.2, -0.15) is 0 Å². The van der Waals surface area contributed by atoms with Crippen molar-refractivity contribution in [1.29, 1.82) is 0 Å². The highest BCUT2D eigenvalue weighted by Gasteiger charge is 2.21. The Morgan fingerprint density at radius 3 is 2.27 bits per heavy atom. The summed E-state index contributed by atoms with van der Waals surface area (Å²) in [4.78, 5) is 37.4. The Morgan fingerprint density at radius 2 is 1.60 bits per heavy atom. The van der Waals surface area contributed by atoms with Crippen LogP contribution in [-0.2, 0) is 9.59 Å². The van der Waals surface area contributed by atoms with Gasteiger partial charge in [-0.05, 0) is 54.4 Å². The summed E-state index contributed by atoms with van der Waals surface area (Å²) < 4.78 is 1.27. The van der Waals surface area contributed by atoms with Gasteiger partial charge < -0.3 is 10.6 Å². The lowest BCUT2D eigenvalue weighted by atomic mass is 10.2. The molecular weight excluding hydrogens is 427 g/mol. The van der Waals surface area contributed by atoms with E-state index in [2.05, 4.69) is 16.1 Å². The highest BCUT2D eigenvalue weighted by Crippen LogP contribution is 2.24. The first-order valence-electron chi connectivity index (χ1n) is 9.21. The van der Waals surface area contributed by atoms with E-state index < -0.39 is 17.7 Å². The molecule has 3 amide bonds. The third-order valence-electron chi connectivity index (χ3n) is 4.19. The van der Waals surface area contributed by atoms with Crippen molar-refractivity contribution in [2.45, 2.75) is 13.8 Å². The topological polar surface area (TPSA) is 92.2 Å². The summed E-state index contributed by atoms with van der Waals surface area (Å²) in [6.45, 7) is 4.19. The predicted octanol–water partition coefficient (Wildman–Crippen LogP) is 4.04. The number of fused-ring (bicyclic) bond motifs is 1. The van der Waals surface area contributed by atoms with Crippen LogP contribution in [0.25, 0.3) is 10.9 Å². The lowest BCUT2D eigenvalue weighted by Gasteiger charge is -2.13. The molecule has 3 aromatic rings. The van der Waals surface area contributed by atoms with E-state index in [0.717, 1.165) is 0 Å². The maximum absolute atomic E-state index is 12.9.